The molecule has 3 rings (SSSR count). The number of halogens is 1. The molecular weight excluding hydrogens is 302 g/mol. The van der Waals surface area contributed by atoms with E-state index in [-0.39, 0.29) is 11.2 Å². The SMILES string of the molecule is CC1(C)CC(=O)C=C(c2c[nH]c3ccc(Br)cc23)C1. The van der Waals surface area contributed by atoms with Crippen molar-refractivity contribution >= 4 is 38.2 Å². The van der Waals surface area contributed by atoms with Crippen LogP contribution in [0.4, 0.5) is 0 Å². The fraction of sp³-hybridized carbons (Fsp3) is 0.312. The monoisotopic (exact) mass is 317 g/mol. The quantitative estimate of drug-likeness (QED) is 0.812. The molecule has 98 valence electrons. The molecule has 0 radical (unpaired) electrons. The standard InChI is InChI=1S/C16H16BrNO/c1-16(2)7-10(5-12(19)8-16)14-9-18-15-4-3-11(17)6-13(14)15/h3-6,9,18H,7-8H2,1-2H3. The Kier molecular flexibility index (Phi) is 2.90. The van der Waals surface area contributed by atoms with Crippen LogP contribution in [0.3, 0.4) is 0 Å². The van der Waals surface area contributed by atoms with Gasteiger partial charge in [-0.25, -0.2) is 0 Å². The molecule has 0 bridgehead atoms. The Hall–Kier alpha value is -1.35. The van der Waals surface area contributed by atoms with Crippen molar-refractivity contribution in [3.8, 4) is 0 Å². The second-order valence-electron chi connectivity index (χ2n) is 6.05. The van der Waals surface area contributed by atoms with Gasteiger partial charge in [0.05, 0.1) is 0 Å². The van der Waals surface area contributed by atoms with E-state index in [1.165, 1.54) is 5.39 Å². The van der Waals surface area contributed by atoms with Crippen LogP contribution < -0.4 is 0 Å². The maximum Gasteiger partial charge on any atom is 0.156 e. The average molecular weight is 318 g/mol. The van der Waals surface area contributed by atoms with Crippen molar-refractivity contribution in [2.45, 2.75) is 26.7 Å². The lowest BCUT2D eigenvalue weighted by atomic mass is 9.75. The van der Waals surface area contributed by atoms with Gasteiger partial charge in [-0.15, -0.1) is 0 Å². The highest BCUT2D eigenvalue weighted by molar-refractivity contribution is 9.10. The molecule has 1 aromatic carbocycles. The molecule has 0 fully saturated rings. The number of carbonyl (C=O) groups excluding carboxylic acids is 1. The number of fused-ring (bicyclic) bond motifs is 1. The molecule has 1 aliphatic carbocycles. The third kappa shape index (κ3) is 2.39. The molecule has 0 spiro atoms. The van der Waals surface area contributed by atoms with Crippen LogP contribution in [0.25, 0.3) is 16.5 Å². The van der Waals surface area contributed by atoms with Crippen LogP contribution in [-0.4, -0.2) is 10.8 Å². The van der Waals surface area contributed by atoms with E-state index < -0.39 is 0 Å². The first-order valence-corrected chi connectivity index (χ1v) is 7.24. The summed E-state index contributed by atoms with van der Waals surface area (Å²) in [4.78, 5) is 15.2. The van der Waals surface area contributed by atoms with E-state index >= 15 is 0 Å². The molecule has 19 heavy (non-hydrogen) atoms. The maximum absolute atomic E-state index is 11.9. The predicted molar refractivity (Wildman–Crippen MR) is 82.0 cm³/mol. The number of aromatic amines is 1. The van der Waals surface area contributed by atoms with Gasteiger partial charge in [-0.3, -0.25) is 4.79 Å². The predicted octanol–water partition coefficient (Wildman–Crippen LogP) is 4.70. The number of hydrogen-bond donors (Lipinski definition) is 1. The van der Waals surface area contributed by atoms with Gasteiger partial charge in [0.2, 0.25) is 0 Å². The van der Waals surface area contributed by atoms with Gasteiger partial charge in [0.1, 0.15) is 0 Å². The molecule has 1 N–H and O–H groups in total. The molecule has 1 aromatic heterocycles. The van der Waals surface area contributed by atoms with Gasteiger partial charge in [-0.2, -0.15) is 0 Å². The number of rotatable bonds is 1. The fourth-order valence-corrected chi connectivity index (χ4v) is 3.24. The summed E-state index contributed by atoms with van der Waals surface area (Å²) in [7, 11) is 0. The number of H-pyrrole nitrogens is 1. The van der Waals surface area contributed by atoms with Crippen molar-refractivity contribution in [3.63, 3.8) is 0 Å². The third-order valence-corrected chi connectivity index (χ3v) is 4.14. The number of carbonyl (C=O) groups is 1. The highest BCUT2D eigenvalue weighted by atomic mass is 79.9. The summed E-state index contributed by atoms with van der Waals surface area (Å²) in [5, 5.41) is 1.17. The van der Waals surface area contributed by atoms with Gasteiger partial charge in [0, 0.05) is 33.6 Å². The van der Waals surface area contributed by atoms with Crippen LogP contribution in [0.1, 0.15) is 32.3 Å². The lowest BCUT2D eigenvalue weighted by molar-refractivity contribution is -0.116. The molecular formula is C16H16BrNO. The van der Waals surface area contributed by atoms with Crippen LogP contribution in [0.5, 0.6) is 0 Å². The minimum Gasteiger partial charge on any atom is -0.361 e. The third-order valence-electron chi connectivity index (χ3n) is 3.65. The Bertz CT molecular complexity index is 694. The molecule has 0 aliphatic heterocycles. The number of aromatic nitrogens is 1. The second kappa shape index (κ2) is 4.34. The van der Waals surface area contributed by atoms with E-state index in [0.29, 0.717) is 6.42 Å². The summed E-state index contributed by atoms with van der Waals surface area (Å²) in [6.45, 7) is 4.31. The van der Waals surface area contributed by atoms with E-state index in [2.05, 4.69) is 46.9 Å². The first-order valence-electron chi connectivity index (χ1n) is 6.45. The second-order valence-corrected chi connectivity index (χ2v) is 6.96. The lowest BCUT2D eigenvalue weighted by Gasteiger charge is -2.28. The van der Waals surface area contributed by atoms with Gasteiger partial charge in [-0.05, 0) is 41.7 Å². The minimum atomic E-state index is 0.0524. The highest BCUT2D eigenvalue weighted by Crippen LogP contribution is 2.40. The van der Waals surface area contributed by atoms with Gasteiger partial charge >= 0.3 is 0 Å². The van der Waals surface area contributed by atoms with Crippen molar-refractivity contribution in [2.75, 3.05) is 0 Å². The summed E-state index contributed by atoms with van der Waals surface area (Å²) in [6.07, 6.45) is 5.41. The van der Waals surface area contributed by atoms with Crippen LogP contribution in [0.2, 0.25) is 0 Å². The normalized spacial score (nSPS) is 18.7. The molecule has 2 aromatic rings. The van der Waals surface area contributed by atoms with E-state index in [1.54, 1.807) is 0 Å². The Labute approximate surface area is 121 Å². The van der Waals surface area contributed by atoms with Crippen LogP contribution in [-0.2, 0) is 4.79 Å². The van der Waals surface area contributed by atoms with Crippen LogP contribution in [0, 0.1) is 5.41 Å². The Morgan fingerprint density at radius 3 is 2.79 bits per heavy atom. The highest BCUT2D eigenvalue weighted by Gasteiger charge is 2.28. The number of nitrogens with one attached hydrogen (secondary N) is 1. The van der Waals surface area contributed by atoms with Crippen molar-refractivity contribution in [1.82, 2.24) is 4.98 Å². The Balaban J connectivity index is 2.14. The smallest absolute Gasteiger partial charge is 0.156 e. The molecule has 1 heterocycles. The van der Waals surface area contributed by atoms with Crippen LogP contribution >= 0.6 is 15.9 Å². The molecule has 0 atom stereocenters. The Morgan fingerprint density at radius 1 is 1.26 bits per heavy atom. The molecule has 3 heteroatoms. The van der Waals surface area contributed by atoms with Gasteiger partial charge < -0.3 is 4.98 Å². The zero-order valence-corrected chi connectivity index (χ0v) is 12.7. The molecule has 0 amide bonds. The fourth-order valence-electron chi connectivity index (χ4n) is 2.88. The van der Waals surface area contributed by atoms with Gasteiger partial charge in [0.25, 0.3) is 0 Å². The van der Waals surface area contributed by atoms with Crippen molar-refractivity contribution in [2.24, 2.45) is 5.41 Å². The zero-order valence-electron chi connectivity index (χ0n) is 11.1. The van der Waals surface area contributed by atoms with E-state index in [0.717, 1.165) is 27.5 Å². The number of allylic oxidation sites excluding steroid dienone is 2. The maximum atomic E-state index is 11.9. The van der Waals surface area contributed by atoms with Crippen molar-refractivity contribution in [3.05, 3.63) is 40.5 Å². The van der Waals surface area contributed by atoms with E-state index in [4.69, 9.17) is 0 Å². The van der Waals surface area contributed by atoms with Gasteiger partial charge in [0.15, 0.2) is 5.78 Å². The Morgan fingerprint density at radius 2 is 2.05 bits per heavy atom. The van der Waals surface area contributed by atoms with E-state index in [9.17, 15) is 4.79 Å². The zero-order chi connectivity index (χ0) is 13.6. The summed E-state index contributed by atoms with van der Waals surface area (Å²) < 4.78 is 1.06. The topological polar surface area (TPSA) is 32.9 Å². The summed E-state index contributed by atoms with van der Waals surface area (Å²) in [6, 6.07) is 6.18. The number of hydrogen-bond acceptors (Lipinski definition) is 1. The van der Waals surface area contributed by atoms with Crippen molar-refractivity contribution in [1.29, 1.82) is 0 Å². The molecule has 0 unspecified atom stereocenters. The largest absolute Gasteiger partial charge is 0.361 e. The summed E-state index contributed by atoms with van der Waals surface area (Å²) in [5.41, 5.74) is 3.45. The first kappa shape index (κ1) is 12.7. The average Bonchev–Trinajstić information content (AvgIpc) is 2.68. The molecule has 2 nitrogen and oxygen atoms in total. The van der Waals surface area contributed by atoms with Crippen molar-refractivity contribution < 1.29 is 4.79 Å². The molecule has 1 aliphatic rings. The summed E-state index contributed by atoms with van der Waals surface area (Å²) in [5.74, 6) is 0.232. The lowest BCUT2D eigenvalue weighted by Crippen LogP contribution is -2.21. The number of benzene rings is 1. The first-order chi connectivity index (χ1) is 8.94. The van der Waals surface area contributed by atoms with Crippen LogP contribution in [0.15, 0.2) is 34.9 Å². The van der Waals surface area contributed by atoms with E-state index in [1.807, 2.05) is 18.3 Å². The molecule has 0 saturated carbocycles. The minimum absolute atomic E-state index is 0.0524. The number of ketones is 1. The molecule has 0 saturated heterocycles. The van der Waals surface area contributed by atoms with Gasteiger partial charge in [-0.1, -0.05) is 29.8 Å². The summed E-state index contributed by atoms with van der Waals surface area (Å²) >= 11 is 3.51.